The molecule has 2 aliphatic rings. The van der Waals surface area contributed by atoms with Crippen LogP contribution in [0.25, 0.3) is 10.8 Å². The van der Waals surface area contributed by atoms with Gasteiger partial charge in [-0.1, -0.05) is 91.5 Å². The van der Waals surface area contributed by atoms with Gasteiger partial charge in [-0.05, 0) is 23.6 Å². The summed E-state index contributed by atoms with van der Waals surface area (Å²) in [4.78, 5) is 54.9. The Hall–Kier alpha value is -3.69. The number of nitrogens with zero attached hydrogens (tertiary/aromatic N) is 2. The molecule has 186 valence electrons. The van der Waals surface area contributed by atoms with Crippen LogP contribution in [-0.2, 0) is 26.3 Å². The molecule has 2 unspecified atom stereocenters. The zero-order chi connectivity index (χ0) is 25.9. The second kappa shape index (κ2) is 8.71. The third kappa shape index (κ3) is 3.72. The lowest BCUT2D eigenvalue weighted by Crippen LogP contribution is -2.41. The predicted molar refractivity (Wildman–Crippen MR) is 146 cm³/mol. The van der Waals surface area contributed by atoms with E-state index in [0.717, 1.165) is 27.0 Å². The van der Waals surface area contributed by atoms with Crippen LogP contribution in [0.4, 0.5) is 11.4 Å². The van der Waals surface area contributed by atoms with Gasteiger partial charge in [0.1, 0.15) is 11.8 Å². The Morgan fingerprint density at radius 1 is 0.919 bits per heavy atom. The fraction of sp³-hybridized carbons (Fsp3) is 0.214. The number of thioether (sulfide) groups is 1. The molecule has 1 saturated heterocycles. The molecule has 3 amide bonds. The van der Waals surface area contributed by atoms with E-state index in [-0.39, 0.29) is 29.1 Å². The largest absolute Gasteiger partial charge is 0.324 e. The Labute approximate surface area is 221 Å². The van der Waals surface area contributed by atoms with E-state index in [4.69, 9.17) is 0 Å². The first-order valence-electron chi connectivity index (χ1n) is 11.9. The number of rotatable bonds is 4. The van der Waals surface area contributed by atoms with Crippen LogP contribution < -0.4 is 15.1 Å². The summed E-state index contributed by atoms with van der Waals surface area (Å²) >= 11 is 2.27. The smallest absolute Gasteiger partial charge is 0.308 e. The lowest BCUT2D eigenvalue weighted by atomic mass is 9.76. The number of para-hydroxylation sites is 1. The summed E-state index contributed by atoms with van der Waals surface area (Å²) in [7, 11) is 0. The molecule has 2 atom stereocenters. The molecular weight excluding hydrogens is 506 g/mol. The van der Waals surface area contributed by atoms with Gasteiger partial charge in [0.25, 0.3) is 0 Å². The zero-order valence-electron chi connectivity index (χ0n) is 20.1. The summed E-state index contributed by atoms with van der Waals surface area (Å²) in [5.41, 5.74) is 0.463. The third-order valence-electron chi connectivity index (χ3n) is 7.08. The van der Waals surface area contributed by atoms with Crippen molar-refractivity contribution in [2.24, 2.45) is 5.92 Å². The number of benzene rings is 3. The molecule has 9 heteroatoms. The lowest BCUT2D eigenvalue weighted by Gasteiger charge is -2.36. The number of hydrogen-bond acceptors (Lipinski definition) is 6. The molecule has 3 aromatic carbocycles. The van der Waals surface area contributed by atoms with Crippen LogP contribution in [0.5, 0.6) is 0 Å². The van der Waals surface area contributed by atoms with Gasteiger partial charge < -0.3 is 5.32 Å². The Balaban J connectivity index is 1.32. The number of amides is 3. The highest BCUT2D eigenvalue weighted by molar-refractivity contribution is 8.00. The van der Waals surface area contributed by atoms with Crippen molar-refractivity contribution in [2.45, 2.75) is 36.1 Å². The van der Waals surface area contributed by atoms with Crippen molar-refractivity contribution in [2.75, 3.05) is 10.2 Å². The van der Waals surface area contributed by atoms with Crippen LogP contribution in [0.15, 0.2) is 82.6 Å². The van der Waals surface area contributed by atoms with Crippen LogP contribution in [-0.4, -0.2) is 27.5 Å². The summed E-state index contributed by atoms with van der Waals surface area (Å²) in [6, 6.07) is 22.3. The fourth-order valence-corrected chi connectivity index (χ4v) is 8.31. The monoisotopic (exact) mass is 529 g/mol. The van der Waals surface area contributed by atoms with Gasteiger partial charge in [0.05, 0.1) is 16.6 Å². The van der Waals surface area contributed by atoms with E-state index in [1.54, 1.807) is 24.3 Å². The highest BCUT2D eigenvalue weighted by atomic mass is 32.2. The predicted octanol–water partition coefficient (Wildman–Crippen LogP) is 4.64. The second-order valence-electron chi connectivity index (χ2n) is 9.75. The second-order valence-corrected chi connectivity index (χ2v) is 11.8. The van der Waals surface area contributed by atoms with E-state index < -0.39 is 16.6 Å². The summed E-state index contributed by atoms with van der Waals surface area (Å²) in [6.45, 7) is 3.62. The molecular formula is C28H23N3O4S2. The number of nitrogens with one attached hydrogen (secondary N) is 1. The Bertz CT molecular complexity index is 1630. The minimum absolute atomic E-state index is 0.182. The zero-order valence-corrected chi connectivity index (χ0v) is 21.8. The molecule has 37 heavy (non-hydrogen) atoms. The van der Waals surface area contributed by atoms with Crippen LogP contribution in [0.3, 0.4) is 0 Å². The SMILES string of the molecule is CC1(C)c2sc(=O)n(CC(=O)Nc3cccc4ccccc34)c2SC2C(=O)N(c3ccccc3)C(=O)C21. The number of anilines is 2. The van der Waals surface area contributed by atoms with E-state index in [9.17, 15) is 19.2 Å². The lowest BCUT2D eigenvalue weighted by molar-refractivity contribution is -0.123. The van der Waals surface area contributed by atoms with Crippen molar-refractivity contribution in [3.63, 3.8) is 0 Å². The molecule has 0 radical (unpaired) electrons. The van der Waals surface area contributed by atoms with Crippen LogP contribution in [0.1, 0.15) is 18.7 Å². The van der Waals surface area contributed by atoms with Crippen molar-refractivity contribution in [3.8, 4) is 0 Å². The van der Waals surface area contributed by atoms with Crippen molar-refractivity contribution in [1.29, 1.82) is 0 Å². The van der Waals surface area contributed by atoms with Crippen molar-refractivity contribution in [1.82, 2.24) is 4.57 Å². The van der Waals surface area contributed by atoms with Gasteiger partial charge in [0, 0.05) is 21.4 Å². The van der Waals surface area contributed by atoms with Gasteiger partial charge >= 0.3 is 4.87 Å². The first kappa shape index (κ1) is 23.7. The first-order valence-corrected chi connectivity index (χ1v) is 13.6. The number of thiazole rings is 1. The molecule has 1 fully saturated rings. The first-order chi connectivity index (χ1) is 17.8. The van der Waals surface area contributed by atoms with E-state index in [1.807, 2.05) is 62.4 Å². The standard InChI is InChI=1S/C28H23N3O4S2/c1-28(2)21-22(25(34)31(24(21)33)17-11-4-3-5-12-17)36-26-23(28)37-27(35)30(26)15-20(32)29-19-14-8-10-16-9-6-7-13-18(16)19/h3-14,21-22H,15H2,1-2H3,(H,29,32). The molecule has 3 heterocycles. The van der Waals surface area contributed by atoms with Crippen LogP contribution >= 0.6 is 23.1 Å². The summed E-state index contributed by atoms with van der Waals surface area (Å²) in [5.74, 6) is -1.49. The maximum Gasteiger partial charge on any atom is 0.308 e. The summed E-state index contributed by atoms with van der Waals surface area (Å²) < 4.78 is 1.44. The number of imide groups is 1. The molecule has 0 aliphatic carbocycles. The average Bonchev–Trinajstić information content (AvgIpc) is 3.33. The number of fused-ring (bicyclic) bond motifs is 3. The molecule has 4 aromatic rings. The van der Waals surface area contributed by atoms with Gasteiger partial charge in [0.2, 0.25) is 17.7 Å². The quantitative estimate of drug-likeness (QED) is 0.389. The fourth-order valence-electron chi connectivity index (χ4n) is 5.27. The Morgan fingerprint density at radius 2 is 1.62 bits per heavy atom. The van der Waals surface area contributed by atoms with Crippen LogP contribution in [0, 0.1) is 5.92 Å². The minimum Gasteiger partial charge on any atom is -0.324 e. The van der Waals surface area contributed by atoms with Crippen molar-refractivity contribution >= 4 is 63.0 Å². The van der Waals surface area contributed by atoms with E-state index >= 15 is 0 Å². The molecule has 0 spiro atoms. The molecule has 6 rings (SSSR count). The normalized spacial score (nSPS) is 20.1. The molecule has 7 nitrogen and oxygen atoms in total. The van der Waals surface area contributed by atoms with E-state index in [1.165, 1.54) is 21.2 Å². The molecule has 2 aliphatic heterocycles. The topological polar surface area (TPSA) is 88.5 Å². The van der Waals surface area contributed by atoms with Gasteiger partial charge in [-0.25, -0.2) is 4.90 Å². The number of carbonyl (C=O) groups is 3. The highest BCUT2D eigenvalue weighted by Gasteiger charge is 2.59. The van der Waals surface area contributed by atoms with E-state index in [2.05, 4.69) is 5.32 Å². The van der Waals surface area contributed by atoms with Crippen molar-refractivity contribution < 1.29 is 14.4 Å². The average molecular weight is 530 g/mol. The molecule has 1 N–H and O–H groups in total. The minimum atomic E-state index is -0.747. The number of hydrogen-bond donors (Lipinski definition) is 1. The van der Waals surface area contributed by atoms with E-state index in [0.29, 0.717) is 16.4 Å². The Morgan fingerprint density at radius 3 is 2.41 bits per heavy atom. The van der Waals surface area contributed by atoms with Gasteiger partial charge in [-0.3, -0.25) is 23.7 Å². The molecule has 1 aromatic heterocycles. The van der Waals surface area contributed by atoms with Gasteiger partial charge in [-0.2, -0.15) is 0 Å². The van der Waals surface area contributed by atoms with Gasteiger partial charge in [0.15, 0.2) is 0 Å². The summed E-state index contributed by atoms with van der Waals surface area (Å²) in [6.07, 6.45) is 0. The Kier molecular flexibility index (Phi) is 5.58. The maximum absolute atomic E-state index is 13.5. The third-order valence-corrected chi connectivity index (χ3v) is 9.91. The maximum atomic E-state index is 13.5. The number of carbonyl (C=O) groups excluding carboxylic acids is 3. The number of aromatic nitrogens is 1. The molecule has 0 saturated carbocycles. The summed E-state index contributed by atoms with van der Waals surface area (Å²) in [5, 5.41) is 4.77. The van der Waals surface area contributed by atoms with Gasteiger partial charge in [-0.15, -0.1) is 0 Å². The van der Waals surface area contributed by atoms with Crippen molar-refractivity contribution in [3.05, 3.63) is 87.3 Å². The van der Waals surface area contributed by atoms with Crippen LogP contribution in [0.2, 0.25) is 0 Å². The highest BCUT2D eigenvalue weighted by Crippen LogP contribution is 2.54. The molecule has 0 bridgehead atoms.